The molecule has 1 aliphatic rings. The third-order valence-electron chi connectivity index (χ3n) is 3.78. The number of hydrogen-bond donors (Lipinski definition) is 1. The van der Waals surface area contributed by atoms with E-state index in [9.17, 15) is 0 Å². The van der Waals surface area contributed by atoms with Gasteiger partial charge in [-0.25, -0.2) is 0 Å². The topological polar surface area (TPSA) is 43.8 Å². The molecule has 2 rings (SSSR count). The minimum absolute atomic E-state index is 0.430. The van der Waals surface area contributed by atoms with E-state index >= 15 is 0 Å². The maximum Gasteiger partial charge on any atom is 0.0521 e. The Morgan fingerprint density at radius 2 is 2.19 bits per heavy atom. The third-order valence-corrected chi connectivity index (χ3v) is 3.78. The summed E-state index contributed by atoms with van der Waals surface area (Å²) in [5, 5.41) is 4.20. The first-order valence-electron chi connectivity index (χ1n) is 6.49. The first-order chi connectivity index (χ1) is 7.75. The summed E-state index contributed by atoms with van der Waals surface area (Å²) >= 11 is 0. The van der Waals surface area contributed by atoms with Crippen LogP contribution in [-0.4, -0.2) is 15.8 Å². The Balaban J connectivity index is 1.83. The van der Waals surface area contributed by atoms with Crippen LogP contribution in [0.2, 0.25) is 0 Å². The van der Waals surface area contributed by atoms with Crippen LogP contribution >= 0.6 is 0 Å². The molecule has 1 saturated carbocycles. The summed E-state index contributed by atoms with van der Waals surface area (Å²) in [6, 6.07) is 0.430. The standard InChI is InChI=1S/C13H23N3/c1-16-10-11(9-15-16)7-8-12-5-3-2-4-6-13(12)14/h9-10,12-13H,2-8,14H2,1H3. The molecular weight excluding hydrogens is 198 g/mol. The summed E-state index contributed by atoms with van der Waals surface area (Å²) in [7, 11) is 1.97. The smallest absolute Gasteiger partial charge is 0.0521 e. The Labute approximate surface area is 98.0 Å². The lowest BCUT2D eigenvalue weighted by atomic mass is 9.90. The third kappa shape index (κ3) is 3.08. The van der Waals surface area contributed by atoms with Gasteiger partial charge in [-0.15, -0.1) is 0 Å². The molecule has 2 unspecified atom stereocenters. The van der Waals surface area contributed by atoms with Crippen LogP contribution in [0.5, 0.6) is 0 Å². The Bertz CT molecular complexity index is 319. The van der Waals surface area contributed by atoms with Gasteiger partial charge in [0.15, 0.2) is 0 Å². The van der Waals surface area contributed by atoms with Crippen LogP contribution in [0.4, 0.5) is 0 Å². The van der Waals surface area contributed by atoms with Crippen molar-refractivity contribution in [1.82, 2.24) is 9.78 Å². The van der Waals surface area contributed by atoms with Gasteiger partial charge in [0.1, 0.15) is 0 Å². The summed E-state index contributed by atoms with van der Waals surface area (Å²) in [6.07, 6.45) is 13.1. The number of nitrogens with zero attached hydrogens (tertiary/aromatic N) is 2. The number of hydrogen-bond acceptors (Lipinski definition) is 2. The zero-order valence-corrected chi connectivity index (χ0v) is 10.2. The molecule has 0 bridgehead atoms. The van der Waals surface area contributed by atoms with E-state index in [-0.39, 0.29) is 0 Å². The second-order valence-corrected chi connectivity index (χ2v) is 5.12. The molecule has 1 heterocycles. The summed E-state index contributed by atoms with van der Waals surface area (Å²) in [4.78, 5) is 0. The SMILES string of the molecule is Cn1cc(CCC2CCCCCC2N)cn1. The Kier molecular flexibility index (Phi) is 3.99. The molecule has 1 aliphatic carbocycles. The van der Waals surface area contributed by atoms with Crippen LogP contribution in [0, 0.1) is 5.92 Å². The number of rotatable bonds is 3. The lowest BCUT2D eigenvalue weighted by Crippen LogP contribution is -2.29. The van der Waals surface area contributed by atoms with Crippen molar-refractivity contribution in [3.05, 3.63) is 18.0 Å². The van der Waals surface area contributed by atoms with Crippen molar-refractivity contribution < 1.29 is 0 Å². The maximum absolute atomic E-state index is 6.23. The van der Waals surface area contributed by atoms with E-state index in [1.54, 1.807) is 0 Å². The van der Waals surface area contributed by atoms with Gasteiger partial charge in [0, 0.05) is 19.3 Å². The molecule has 16 heavy (non-hydrogen) atoms. The largest absolute Gasteiger partial charge is 0.327 e. The zero-order valence-electron chi connectivity index (χ0n) is 10.2. The summed E-state index contributed by atoms with van der Waals surface area (Å²) in [5.41, 5.74) is 7.57. The molecule has 2 N–H and O–H groups in total. The van der Waals surface area contributed by atoms with Gasteiger partial charge in [0.25, 0.3) is 0 Å². The van der Waals surface area contributed by atoms with E-state index in [0.29, 0.717) is 6.04 Å². The Morgan fingerprint density at radius 3 is 2.94 bits per heavy atom. The molecular formula is C13H23N3. The Morgan fingerprint density at radius 1 is 1.38 bits per heavy atom. The molecule has 2 atom stereocenters. The van der Waals surface area contributed by atoms with Crippen LogP contribution in [0.15, 0.2) is 12.4 Å². The number of aryl methyl sites for hydroxylation is 2. The van der Waals surface area contributed by atoms with Crippen molar-refractivity contribution >= 4 is 0 Å². The van der Waals surface area contributed by atoms with Gasteiger partial charge in [-0.3, -0.25) is 4.68 Å². The predicted octanol–water partition coefficient (Wildman–Crippen LogP) is 2.26. The van der Waals surface area contributed by atoms with Crippen molar-refractivity contribution in [3.8, 4) is 0 Å². The van der Waals surface area contributed by atoms with Crippen molar-refractivity contribution in [3.63, 3.8) is 0 Å². The van der Waals surface area contributed by atoms with Gasteiger partial charge >= 0.3 is 0 Å². The van der Waals surface area contributed by atoms with E-state index in [1.165, 1.54) is 44.1 Å². The molecule has 0 aliphatic heterocycles. The summed E-state index contributed by atoms with van der Waals surface area (Å²) in [5.74, 6) is 0.725. The van der Waals surface area contributed by atoms with Gasteiger partial charge in [-0.2, -0.15) is 5.10 Å². The first-order valence-corrected chi connectivity index (χ1v) is 6.49. The molecule has 1 aromatic rings. The van der Waals surface area contributed by atoms with E-state index in [0.717, 1.165) is 12.3 Å². The van der Waals surface area contributed by atoms with Gasteiger partial charge in [-0.05, 0) is 37.2 Å². The monoisotopic (exact) mass is 221 g/mol. The average Bonchev–Trinajstić information content (AvgIpc) is 2.56. The van der Waals surface area contributed by atoms with Crippen LogP contribution in [0.25, 0.3) is 0 Å². The highest BCUT2D eigenvalue weighted by atomic mass is 15.2. The normalized spacial score (nSPS) is 26.6. The van der Waals surface area contributed by atoms with Crippen LogP contribution in [0.1, 0.15) is 44.1 Å². The lowest BCUT2D eigenvalue weighted by molar-refractivity contribution is 0.373. The second kappa shape index (κ2) is 5.48. The Hall–Kier alpha value is -0.830. The molecule has 0 amide bonds. The van der Waals surface area contributed by atoms with Crippen LogP contribution < -0.4 is 5.73 Å². The molecule has 1 fully saturated rings. The van der Waals surface area contributed by atoms with E-state index in [1.807, 2.05) is 17.9 Å². The van der Waals surface area contributed by atoms with Crippen molar-refractivity contribution in [2.24, 2.45) is 18.7 Å². The molecule has 1 aromatic heterocycles. The minimum Gasteiger partial charge on any atom is -0.327 e. The highest BCUT2D eigenvalue weighted by Gasteiger charge is 2.19. The quantitative estimate of drug-likeness (QED) is 0.796. The molecule has 0 radical (unpaired) electrons. The fourth-order valence-corrected chi connectivity index (χ4v) is 2.72. The zero-order chi connectivity index (χ0) is 11.4. The van der Waals surface area contributed by atoms with Crippen molar-refractivity contribution in [2.75, 3.05) is 0 Å². The summed E-state index contributed by atoms with van der Waals surface area (Å²) < 4.78 is 1.88. The molecule has 0 aromatic carbocycles. The lowest BCUT2D eigenvalue weighted by Gasteiger charge is -2.20. The van der Waals surface area contributed by atoms with Crippen molar-refractivity contribution in [1.29, 1.82) is 0 Å². The molecule has 0 saturated heterocycles. The molecule has 90 valence electrons. The fourth-order valence-electron chi connectivity index (χ4n) is 2.72. The van der Waals surface area contributed by atoms with Gasteiger partial charge in [0.2, 0.25) is 0 Å². The predicted molar refractivity (Wildman–Crippen MR) is 66.1 cm³/mol. The first kappa shape index (κ1) is 11.6. The van der Waals surface area contributed by atoms with Gasteiger partial charge < -0.3 is 5.73 Å². The average molecular weight is 221 g/mol. The fraction of sp³-hybridized carbons (Fsp3) is 0.769. The highest BCUT2D eigenvalue weighted by Crippen LogP contribution is 2.25. The van der Waals surface area contributed by atoms with Crippen LogP contribution in [-0.2, 0) is 13.5 Å². The van der Waals surface area contributed by atoms with Gasteiger partial charge in [-0.1, -0.05) is 19.3 Å². The van der Waals surface area contributed by atoms with Crippen molar-refractivity contribution in [2.45, 2.75) is 51.0 Å². The van der Waals surface area contributed by atoms with E-state index < -0.39 is 0 Å². The summed E-state index contributed by atoms with van der Waals surface area (Å²) in [6.45, 7) is 0. The number of aromatic nitrogens is 2. The van der Waals surface area contributed by atoms with Crippen LogP contribution in [0.3, 0.4) is 0 Å². The second-order valence-electron chi connectivity index (χ2n) is 5.12. The van der Waals surface area contributed by atoms with E-state index in [4.69, 9.17) is 5.73 Å². The van der Waals surface area contributed by atoms with E-state index in [2.05, 4.69) is 11.3 Å². The molecule has 0 spiro atoms. The minimum atomic E-state index is 0.430. The number of nitrogens with two attached hydrogens (primary N) is 1. The van der Waals surface area contributed by atoms with Gasteiger partial charge in [0.05, 0.1) is 6.20 Å². The molecule has 3 nitrogen and oxygen atoms in total. The maximum atomic E-state index is 6.23. The highest BCUT2D eigenvalue weighted by molar-refractivity contribution is 5.03. The molecule has 3 heteroatoms.